The fourth-order valence-electron chi connectivity index (χ4n) is 2.18. The highest BCUT2D eigenvalue weighted by molar-refractivity contribution is 7.33. The van der Waals surface area contributed by atoms with E-state index in [4.69, 9.17) is 4.52 Å². The number of hydrogen-bond acceptors (Lipinski definition) is 1. The zero-order valence-electron chi connectivity index (χ0n) is 7.42. The van der Waals surface area contributed by atoms with E-state index in [1.807, 2.05) is 7.11 Å². The van der Waals surface area contributed by atoms with Gasteiger partial charge in [-0.05, 0) is 25.2 Å². The van der Waals surface area contributed by atoms with Crippen LogP contribution >= 0.6 is 8.81 Å². The van der Waals surface area contributed by atoms with Gasteiger partial charge in [-0.25, -0.2) is 0 Å². The average Bonchev–Trinajstić information content (AvgIpc) is 2.50. The van der Waals surface area contributed by atoms with Crippen LogP contribution in [0, 0.1) is 5.92 Å². The lowest BCUT2D eigenvalue weighted by atomic mass is 9.95. The van der Waals surface area contributed by atoms with E-state index in [9.17, 15) is 0 Å². The molecule has 2 rings (SSSR count). The van der Waals surface area contributed by atoms with Crippen LogP contribution in [0.1, 0.15) is 19.3 Å². The second-order valence-corrected chi connectivity index (χ2v) is 4.82. The van der Waals surface area contributed by atoms with E-state index in [-0.39, 0.29) is 0 Å². The maximum atomic E-state index is 5.24. The molecule has 3 unspecified atom stereocenters. The summed E-state index contributed by atoms with van der Waals surface area (Å²) in [4.78, 5) is 0. The molecule has 2 aliphatic rings. The maximum Gasteiger partial charge on any atom is 0.0394 e. The monoisotopic (exact) mass is 182 g/mol. The molecule has 1 nitrogen and oxygen atoms in total. The van der Waals surface area contributed by atoms with Crippen LogP contribution in [0.15, 0.2) is 23.8 Å². The van der Waals surface area contributed by atoms with Crippen LogP contribution in [0.25, 0.3) is 0 Å². The molecule has 0 amide bonds. The van der Waals surface area contributed by atoms with Gasteiger partial charge in [0.05, 0.1) is 0 Å². The molecule has 0 bridgehead atoms. The molecule has 0 saturated heterocycles. The van der Waals surface area contributed by atoms with Crippen molar-refractivity contribution >= 4 is 8.81 Å². The van der Waals surface area contributed by atoms with Crippen LogP contribution in [0.2, 0.25) is 0 Å². The Labute approximate surface area is 75.7 Å². The summed E-state index contributed by atoms with van der Waals surface area (Å²) < 4.78 is 5.24. The zero-order chi connectivity index (χ0) is 8.39. The molecular weight excluding hydrogens is 167 g/mol. The third kappa shape index (κ3) is 1.48. The predicted molar refractivity (Wildman–Crippen MR) is 53.7 cm³/mol. The van der Waals surface area contributed by atoms with Gasteiger partial charge < -0.3 is 4.52 Å². The lowest BCUT2D eigenvalue weighted by molar-refractivity contribution is 0.470. The van der Waals surface area contributed by atoms with Gasteiger partial charge in [0.2, 0.25) is 0 Å². The molecule has 1 saturated carbocycles. The third-order valence-electron chi connectivity index (χ3n) is 2.78. The van der Waals surface area contributed by atoms with E-state index in [1.165, 1.54) is 19.3 Å². The van der Waals surface area contributed by atoms with Gasteiger partial charge in [0.15, 0.2) is 0 Å². The van der Waals surface area contributed by atoms with Crippen molar-refractivity contribution in [3.63, 3.8) is 0 Å². The molecule has 3 atom stereocenters. The Morgan fingerprint density at radius 1 is 1.50 bits per heavy atom. The maximum absolute atomic E-state index is 5.24. The Balaban J connectivity index is 2.08. The SMILES string of the molecule is COPC1CCC2CC=CC=C21. The van der Waals surface area contributed by atoms with Crippen molar-refractivity contribution in [1.29, 1.82) is 0 Å². The molecule has 0 spiro atoms. The van der Waals surface area contributed by atoms with Crippen molar-refractivity contribution in [1.82, 2.24) is 0 Å². The van der Waals surface area contributed by atoms with E-state index in [0.717, 1.165) is 11.6 Å². The number of allylic oxidation sites excluding steroid dienone is 4. The molecule has 66 valence electrons. The van der Waals surface area contributed by atoms with Gasteiger partial charge in [0, 0.05) is 21.6 Å². The quantitative estimate of drug-likeness (QED) is 0.596. The molecule has 1 fully saturated rings. The zero-order valence-corrected chi connectivity index (χ0v) is 8.42. The summed E-state index contributed by atoms with van der Waals surface area (Å²) >= 11 is 0. The first-order valence-electron chi connectivity index (χ1n) is 4.57. The molecule has 0 aromatic carbocycles. The van der Waals surface area contributed by atoms with E-state index in [0.29, 0.717) is 8.81 Å². The van der Waals surface area contributed by atoms with E-state index in [1.54, 1.807) is 5.57 Å². The van der Waals surface area contributed by atoms with Crippen molar-refractivity contribution in [3.05, 3.63) is 23.8 Å². The fourth-order valence-corrected chi connectivity index (χ4v) is 3.22. The number of rotatable bonds is 2. The van der Waals surface area contributed by atoms with Crippen LogP contribution in [0.5, 0.6) is 0 Å². The summed E-state index contributed by atoms with van der Waals surface area (Å²) in [5.74, 6) is 0.850. The molecule has 0 aliphatic heterocycles. The van der Waals surface area contributed by atoms with Gasteiger partial charge in [-0.1, -0.05) is 23.8 Å². The summed E-state index contributed by atoms with van der Waals surface area (Å²) in [6, 6.07) is 0. The highest BCUT2D eigenvalue weighted by Gasteiger charge is 2.30. The summed E-state index contributed by atoms with van der Waals surface area (Å²) in [7, 11) is 2.49. The molecule has 0 heterocycles. The Bertz CT molecular complexity index is 218. The number of fused-ring (bicyclic) bond motifs is 1. The molecule has 0 radical (unpaired) electrons. The molecule has 0 aromatic heterocycles. The standard InChI is InChI=1S/C10H15OP/c1-11-12-10-7-6-8-4-2-3-5-9(8)10/h2-3,5,8,10,12H,4,6-7H2,1H3. The van der Waals surface area contributed by atoms with Crippen LogP contribution in [0.3, 0.4) is 0 Å². The molecule has 2 heteroatoms. The predicted octanol–water partition coefficient (Wildman–Crippen LogP) is 2.89. The minimum absolute atomic E-state index is 0.676. The largest absolute Gasteiger partial charge is 0.365 e. The first-order valence-corrected chi connectivity index (χ1v) is 5.55. The minimum Gasteiger partial charge on any atom is -0.365 e. The van der Waals surface area contributed by atoms with Crippen LogP contribution in [0.4, 0.5) is 0 Å². The van der Waals surface area contributed by atoms with Gasteiger partial charge in [-0.15, -0.1) is 0 Å². The van der Waals surface area contributed by atoms with Gasteiger partial charge in [-0.2, -0.15) is 0 Å². The molecule has 12 heavy (non-hydrogen) atoms. The van der Waals surface area contributed by atoms with Crippen LogP contribution < -0.4 is 0 Å². The summed E-state index contributed by atoms with van der Waals surface area (Å²) in [6.07, 6.45) is 10.8. The Hall–Kier alpha value is -0.130. The second kappa shape index (κ2) is 3.72. The smallest absolute Gasteiger partial charge is 0.0394 e. The molecular formula is C10H15OP. The Morgan fingerprint density at radius 2 is 2.42 bits per heavy atom. The highest BCUT2D eigenvalue weighted by Crippen LogP contribution is 2.44. The van der Waals surface area contributed by atoms with E-state index >= 15 is 0 Å². The number of hydrogen-bond donors (Lipinski definition) is 0. The lowest BCUT2D eigenvalue weighted by Gasteiger charge is -2.16. The lowest BCUT2D eigenvalue weighted by Crippen LogP contribution is -2.04. The average molecular weight is 182 g/mol. The van der Waals surface area contributed by atoms with Gasteiger partial charge in [0.1, 0.15) is 0 Å². The van der Waals surface area contributed by atoms with Gasteiger partial charge >= 0.3 is 0 Å². The second-order valence-electron chi connectivity index (χ2n) is 3.48. The molecule has 0 N–H and O–H groups in total. The van der Waals surface area contributed by atoms with E-state index < -0.39 is 0 Å². The van der Waals surface area contributed by atoms with Gasteiger partial charge in [0.25, 0.3) is 0 Å². The van der Waals surface area contributed by atoms with Crippen LogP contribution in [-0.4, -0.2) is 12.8 Å². The molecule has 2 aliphatic carbocycles. The minimum atomic E-state index is 0.676. The summed E-state index contributed by atoms with van der Waals surface area (Å²) in [5, 5.41) is 0. The Morgan fingerprint density at radius 3 is 3.25 bits per heavy atom. The fraction of sp³-hybridized carbons (Fsp3) is 0.600. The summed E-state index contributed by atoms with van der Waals surface area (Å²) in [5.41, 5.74) is 2.39. The van der Waals surface area contributed by atoms with Crippen molar-refractivity contribution in [3.8, 4) is 0 Å². The van der Waals surface area contributed by atoms with E-state index in [2.05, 4.69) is 18.2 Å². The summed E-state index contributed by atoms with van der Waals surface area (Å²) in [6.45, 7) is 0. The van der Waals surface area contributed by atoms with Crippen LogP contribution in [-0.2, 0) is 4.52 Å². The topological polar surface area (TPSA) is 9.23 Å². The molecule has 0 aromatic rings. The van der Waals surface area contributed by atoms with Gasteiger partial charge in [-0.3, -0.25) is 0 Å². The highest BCUT2D eigenvalue weighted by atomic mass is 31.1. The van der Waals surface area contributed by atoms with Crippen molar-refractivity contribution in [2.45, 2.75) is 24.9 Å². The third-order valence-corrected chi connectivity index (χ3v) is 3.93. The Kier molecular flexibility index (Phi) is 2.63. The first kappa shape index (κ1) is 8.47. The van der Waals surface area contributed by atoms with Crippen molar-refractivity contribution in [2.75, 3.05) is 7.11 Å². The first-order chi connectivity index (χ1) is 5.92. The normalized spacial score (nSPS) is 34.2. The van der Waals surface area contributed by atoms with Crippen molar-refractivity contribution < 1.29 is 4.52 Å². The van der Waals surface area contributed by atoms with Crippen molar-refractivity contribution in [2.24, 2.45) is 5.92 Å².